The number of nitrogens with zero attached hydrogens (tertiary/aromatic N) is 4. The van der Waals surface area contributed by atoms with Gasteiger partial charge in [0.15, 0.2) is 5.82 Å². The lowest BCUT2D eigenvalue weighted by Crippen LogP contribution is -2.16. The van der Waals surface area contributed by atoms with Crippen LogP contribution in [0.4, 0.5) is 0 Å². The van der Waals surface area contributed by atoms with E-state index in [1.54, 1.807) is 0 Å². The smallest absolute Gasteiger partial charge is 0.160 e. The second kappa shape index (κ2) is 11.8. The van der Waals surface area contributed by atoms with E-state index < -0.39 is 0 Å². The zero-order chi connectivity index (χ0) is 37.8. The quantitative estimate of drug-likeness (QED) is 0.181. The van der Waals surface area contributed by atoms with Gasteiger partial charge in [-0.3, -0.25) is 0 Å². The molecule has 0 aliphatic heterocycles. The third kappa shape index (κ3) is 4.44. The summed E-state index contributed by atoms with van der Waals surface area (Å²) in [5, 5.41) is 6.14. The van der Waals surface area contributed by atoms with E-state index in [1.165, 1.54) is 65.9 Å². The van der Waals surface area contributed by atoms with E-state index in [0.29, 0.717) is 5.82 Å². The van der Waals surface area contributed by atoms with Gasteiger partial charge in [0.2, 0.25) is 0 Å². The van der Waals surface area contributed by atoms with Crippen LogP contribution in [0.5, 0.6) is 0 Å². The Hall–Kier alpha value is -7.30. The molecular weight excluding hydrogens is 693 g/mol. The largest absolute Gasteiger partial charge is 0.309 e. The van der Waals surface area contributed by atoms with Gasteiger partial charge in [-0.1, -0.05) is 141 Å². The fraction of sp³-hybridized carbons (Fsp3) is 0.0566. The summed E-state index contributed by atoms with van der Waals surface area (Å²) >= 11 is 0. The van der Waals surface area contributed by atoms with E-state index in [1.807, 2.05) is 12.1 Å². The lowest BCUT2D eigenvalue weighted by atomic mass is 9.81. The standard InChI is InChI=1S/C53H36N4/c1-53(2)41-25-13-9-21-37(41)47-48(53)51-46(45-39-23-11-15-27-43(39)56(50(45)47)35-19-7-4-8-20-35)40-24-12-16-28-44(40)57(51)36-31-29-34(30-32-36)52-54-42-26-14-10-22-38(42)49(55-52)33-17-5-3-6-18-33/h3-32H,1-2H3. The minimum atomic E-state index is -0.269. The van der Waals surface area contributed by atoms with Gasteiger partial charge >= 0.3 is 0 Å². The summed E-state index contributed by atoms with van der Waals surface area (Å²) in [4.78, 5) is 10.3. The number of hydrogen-bond donors (Lipinski definition) is 0. The Morgan fingerprint density at radius 1 is 0.439 bits per heavy atom. The van der Waals surface area contributed by atoms with Crippen LogP contribution < -0.4 is 0 Å². The Bertz CT molecular complexity index is 3410. The first-order valence-corrected chi connectivity index (χ1v) is 19.7. The number of para-hydroxylation sites is 4. The Balaban J connectivity index is 1.18. The third-order valence-corrected chi connectivity index (χ3v) is 12.3. The number of aromatic nitrogens is 4. The lowest BCUT2D eigenvalue weighted by Gasteiger charge is -2.24. The summed E-state index contributed by atoms with van der Waals surface area (Å²) in [6.45, 7) is 4.82. The summed E-state index contributed by atoms with van der Waals surface area (Å²) in [7, 11) is 0. The molecule has 0 saturated carbocycles. The first-order valence-electron chi connectivity index (χ1n) is 19.7. The molecule has 0 saturated heterocycles. The normalized spacial score (nSPS) is 13.2. The van der Waals surface area contributed by atoms with E-state index in [-0.39, 0.29) is 5.41 Å². The van der Waals surface area contributed by atoms with Crippen LogP contribution in [0.3, 0.4) is 0 Å². The summed E-state index contributed by atoms with van der Waals surface area (Å²) in [6.07, 6.45) is 0. The van der Waals surface area contributed by atoms with Crippen molar-refractivity contribution in [1.82, 2.24) is 19.1 Å². The molecule has 268 valence electrons. The molecule has 1 aliphatic carbocycles. The van der Waals surface area contributed by atoms with E-state index in [9.17, 15) is 0 Å². The van der Waals surface area contributed by atoms with Crippen molar-refractivity contribution in [3.05, 3.63) is 193 Å². The first kappa shape index (κ1) is 32.0. The molecule has 57 heavy (non-hydrogen) atoms. The number of hydrogen-bond acceptors (Lipinski definition) is 2. The minimum Gasteiger partial charge on any atom is -0.309 e. The van der Waals surface area contributed by atoms with Crippen LogP contribution in [0, 0.1) is 0 Å². The average molecular weight is 729 g/mol. The maximum Gasteiger partial charge on any atom is 0.160 e. The van der Waals surface area contributed by atoms with Crippen LogP contribution in [-0.4, -0.2) is 19.1 Å². The Morgan fingerprint density at radius 2 is 0.982 bits per heavy atom. The molecule has 0 unspecified atom stereocenters. The highest BCUT2D eigenvalue weighted by Crippen LogP contribution is 2.58. The molecule has 0 spiro atoms. The molecule has 8 aromatic carbocycles. The summed E-state index contributed by atoms with van der Waals surface area (Å²) in [6, 6.07) is 65.4. The van der Waals surface area contributed by atoms with Gasteiger partial charge in [-0.25, -0.2) is 9.97 Å². The zero-order valence-electron chi connectivity index (χ0n) is 31.6. The van der Waals surface area contributed by atoms with Crippen LogP contribution in [0.25, 0.3) is 99.7 Å². The highest BCUT2D eigenvalue weighted by molar-refractivity contribution is 6.33. The van der Waals surface area contributed by atoms with E-state index in [2.05, 4.69) is 193 Å². The molecule has 4 heteroatoms. The SMILES string of the molecule is CC1(C)c2ccccc2-c2c1c1c(c3ccccc3n1-c1ccc(-c3nc(-c4ccccc4)c4ccccc4n3)cc1)c1c3ccccc3n(-c3ccccc3)c21. The monoisotopic (exact) mass is 728 g/mol. The van der Waals surface area contributed by atoms with E-state index in [0.717, 1.165) is 39.1 Å². The molecule has 12 rings (SSSR count). The van der Waals surface area contributed by atoms with Crippen molar-refractivity contribution in [2.75, 3.05) is 0 Å². The number of fused-ring (bicyclic) bond motifs is 13. The fourth-order valence-corrected chi connectivity index (χ4v) is 9.84. The second-order valence-corrected chi connectivity index (χ2v) is 15.7. The molecule has 11 aromatic rings. The van der Waals surface area contributed by atoms with E-state index >= 15 is 0 Å². The van der Waals surface area contributed by atoms with Crippen LogP contribution >= 0.6 is 0 Å². The maximum absolute atomic E-state index is 5.19. The molecule has 0 N–H and O–H groups in total. The maximum atomic E-state index is 5.19. The van der Waals surface area contributed by atoms with Crippen LogP contribution in [0.2, 0.25) is 0 Å². The molecule has 4 nitrogen and oxygen atoms in total. The highest BCUT2D eigenvalue weighted by atomic mass is 15.0. The van der Waals surface area contributed by atoms with Gasteiger partial charge in [0.05, 0.1) is 33.3 Å². The van der Waals surface area contributed by atoms with Crippen molar-refractivity contribution in [3.63, 3.8) is 0 Å². The molecule has 0 amide bonds. The predicted octanol–water partition coefficient (Wildman–Crippen LogP) is 13.5. The summed E-state index contributed by atoms with van der Waals surface area (Å²) < 4.78 is 5.03. The Labute approximate surface area is 329 Å². The third-order valence-electron chi connectivity index (χ3n) is 12.3. The van der Waals surface area contributed by atoms with Gasteiger partial charge < -0.3 is 9.13 Å². The molecule has 0 radical (unpaired) electrons. The zero-order valence-corrected chi connectivity index (χ0v) is 31.6. The van der Waals surface area contributed by atoms with Gasteiger partial charge in [0.25, 0.3) is 0 Å². The van der Waals surface area contributed by atoms with Gasteiger partial charge in [0.1, 0.15) is 0 Å². The predicted molar refractivity (Wildman–Crippen MR) is 237 cm³/mol. The van der Waals surface area contributed by atoms with E-state index in [4.69, 9.17) is 9.97 Å². The number of benzene rings is 8. The van der Waals surface area contributed by atoms with Crippen LogP contribution in [-0.2, 0) is 5.41 Å². The average Bonchev–Trinajstić information content (AvgIpc) is 3.87. The lowest BCUT2D eigenvalue weighted by molar-refractivity contribution is 0.664. The molecule has 0 fully saturated rings. The van der Waals surface area contributed by atoms with Crippen molar-refractivity contribution in [2.45, 2.75) is 19.3 Å². The molecular formula is C53H36N4. The van der Waals surface area contributed by atoms with Gasteiger partial charge in [0, 0.05) is 60.4 Å². The Kier molecular flexibility index (Phi) is 6.65. The molecule has 3 heterocycles. The van der Waals surface area contributed by atoms with Crippen molar-refractivity contribution in [1.29, 1.82) is 0 Å². The molecule has 1 aliphatic rings. The summed E-state index contributed by atoms with van der Waals surface area (Å²) in [5.74, 6) is 0.717. The van der Waals surface area contributed by atoms with Crippen molar-refractivity contribution in [2.24, 2.45) is 0 Å². The van der Waals surface area contributed by atoms with Gasteiger partial charge in [-0.15, -0.1) is 0 Å². The Morgan fingerprint density at radius 3 is 1.70 bits per heavy atom. The first-order chi connectivity index (χ1) is 28.1. The second-order valence-electron chi connectivity index (χ2n) is 15.7. The molecule has 0 bridgehead atoms. The molecule has 0 atom stereocenters. The van der Waals surface area contributed by atoms with Crippen LogP contribution in [0.15, 0.2) is 182 Å². The minimum absolute atomic E-state index is 0.269. The topological polar surface area (TPSA) is 35.6 Å². The summed E-state index contributed by atoms with van der Waals surface area (Å²) in [5.41, 5.74) is 16.2. The van der Waals surface area contributed by atoms with Crippen molar-refractivity contribution >= 4 is 54.5 Å². The fourth-order valence-electron chi connectivity index (χ4n) is 9.84. The number of rotatable bonds is 4. The van der Waals surface area contributed by atoms with Crippen molar-refractivity contribution in [3.8, 4) is 45.1 Å². The highest BCUT2D eigenvalue weighted by Gasteiger charge is 2.41. The molecule has 3 aromatic heterocycles. The van der Waals surface area contributed by atoms with Gasteiger partial charge in [-0.2, -0.15) is 0 Å². The van der Waals surface area contributed by atoms with Crippen molar-refractivity contribution < 1.29 is 0 Å². The van der Waals surface area contributed by atoms with Gasteiger partial charge in [-0.05, 0) is 71.3 Å². The van der Waals surface area contributed by atoms with Crippen LogP contribution in [0.1, 0.15) is 25.0 Å².